The minimum absolute atomic E-state index is 0.0182. The van der Waals surface area contributed by atoms with Crippen LogP contribution in [-0.4, -0.2) is 11.3 Å². The molecule has 0 saturated carbocycles. The third-order valence-corrected chi connectivity index (χ3v) is 14.0. The number of para-hydroxylation sites is 2. The maximum absolute atomic E-state index is 9.61. The number of fused-ring (bicyclic) bond motifs is 7. The normalized spacial score (nSPS) is 14.1. The van der Waals surface area contributed by atoms with Crippen LogP contribution in [0.25, 0.3) is 72.0 Å². The topological polar surface area (TPSA) is 11.4 Å². The fourth-order valence-electron chi connectivity index (χ4n) is 10.9. The highest BCUT2D eigenvalue weighted by Gasteiger charge is 2.44. The van der Waals surface area contributed by atoms with Gasteiger partial charge in [0.05, 0.1) is 27.7 Å². The summed E-state index contributed by atoms with van der Waals surface area (Å²) in [6.07, 6.45) is 0. The maximum atomic E-state index is 9.61. The Bertz CT molecular complexity index is 4340. The van der Waals surface area contributed by atoms with Crippen molar-refractivity contribution in [3.8, 4) is 50.2 Å². The summed E-state index contributed by atoms with van der Waals surface area (Å²) >= 11 is 0. The van der Waals surface area contributed by atoms with Crippen LogP contribution in [0.5, 0.6) is 0 Å². The van der Waals surface area contributed by atoms with Crippen molar-refractivity contribution < 1.29 is 11.0 Å². The monoisotopic (exact) mass is 897 g/mol. The quantitative estimate of drug-likeness (QED) is 0.148. The van der Waals surface area contributed by atoms with Gasteiger partial charge in [0, 0.05) is 44.9 Å². The Kier molecular flexibility index (Phi) is 7.58. The van der Waals surface area contributed by atoms with E-state index >= 15 is 0 Å². The van der Waals surface area contributed by atoms with Crippen molar-refractivity contribution in [3.05, 3.63) is 267 Å². The van der Waals surface area contributed by atoms with Gasteiger partial charge in [0.15, 0.2) is 0 Å². The molecule has 0 spiro atoms. The van der Waals surface area contributed by atoms with Gasteiger partial charge in [-0.2, -0.15) is 0 Å². The lowest BCUT2D eigenvalue weighted by molar-refractivity contribution is 1.16. The van der Waals surface area contributed by atoms with Gasteiger partial charge >= 0.3 is 0 Å². The van der Waals surface area contributed by atoms with Gasteiger partial charge in [-0.05, 0) is 122 Å². The zero-order chi connectivity index (χ0) is 53.1. The maximum Gasteiger partial charge on any atom is 0.252 e. The van der Waals surface area contributed by atoms with E-state index in [0.29, 0.717) is 5.69 Å². The van der Waals surface area contributed by atoms with Crippen molar-refractivity contribution in [2.24, 2.45) is 0 Å². The zero-order valence-electron chi connectivity index (χ0n) is 45.7. The molecule has 0 bridgehead atoms. The summed E-state index contributed by atoms with van der Waals surface area (Å²) < 4.78 is 75.4. The average Bonchev–Trinajstić information content (AvgIpc) is 3.61. The molecule has 0 radical (unpaired) electrons. The molecule has 0 fully saturated rings. The van der Waals surface area contributed by atoms with Crippen molar-refractivity contribution >= 4 is 79.0 Å². The van der Waals surface area contributed by atoms with E-state index in [4.69, 9.17) is 5.48 Å². The van der Waals surface area contributed by atoms with E-state index in [1.807, 2.05) is 72.8 Å². The van der Waals surface area contributed by atoms with Crippen LogP contribution in [0, 0.1) is 0 Å². The van der Waals surface area contributed by atoms with Crippen LogP contribution >= 0.6 is 0 Å². The zero-order valence-corrected chi connectivity index (χ0v) is 37.7. The molecule has 0 saturated heterocycles. The summed E-state index contributed by atoms with van der Waals surface area (Å²) in [7, 11) is 0. The Labute approximate surface area is 419 Å². The first kappa shape index (κ1) is 32.6. The van der Waals surface area contributed by atoms with Gasteiger partial charge in [0.2, 0.25) is 0 Å². The highest BCUT2D eigenvalue weighted by atomic mass is 15.2. The van der Waals surface area contributed by atoms with Crippen LogP contribution in [0.15, 0.2) is 267 Å². The molecule has 0 aliphatic carbocycles. The van der Waals surface area contributed by atoms with Crippen LogP contribution in [0.2, 0.25) is 0 Å². The van der Waals surface area contributed by atoms with Crippen LogP contribution in [0.1, 0.15) is 11.0 Å². The SMILES string of the molecule is [2H]c1c([2H])c([2H])c2c(c1[2H])c1c([2H])c([2H])c([2H])c([2H])c1n2-c1cc2c3c(c1)N(c1cccc(-c4ccccc4)c1)c1cc(-c4ccccc4)ccc1B3c1cc(-c3ccccc3)ccc1N2c1ccc(-c2ccccc2)cc1. The van der Waals surface area contributed by atoms with Crippen molar-refractivity contribution in [1.29, 1.82) is 0 Å². The van der Waals surface area contributed by atoms with Gasteiger partial charge in [-0.3, -0.25) is 0 Å². The number of aromatic nitrogens is 1. The Morgan fingerprint density at radius 1 is 0.300 bits per heavy atom. The summed E-state index contributed by atoms with van der Waals surface area (Å²) in [6, 6.07) is 72.4. The van der Waals surface area contributed by atoms with Crippen LogP contribution < -0.4 is 26.2 Å². The molecule has 326 valence electrons. The lowest BCUT2D eigenvalue weighted by Gasteiger charge is -2.44. The third-order valence-electron chi connectivity index (χ3n) is 14.0. The van der Waals surface area contributed by atoms with Crippen LogP contribution in [-0.2, 0) is 0 Å². The van der Waals surface area contributed by atoms with Crippen LogP contribution in [0.3, 0.4) is 0 Å². The Morgan fingerprint density at radius 3 is 1.34 bits per heavy atom. The summed E-state index contributed by atoms with van der Waals surface area (Å²) in [6.45, 7) is -0.344. The van der Waals surface area contributed by atoms with Gasteiger partial charge in [-0.15, -0.1) is 0 Å². The first-order valence-electron chi connectivity index (χ1n) is 27.5. The van der Waals surface area contributed by atoms with E-state index in [1.54, 1.807) is 4.57 Å². The van der Waals surface area contributed by atoms with Gasteiger partial charge in [-0.25, -0.2) is 0 Å². The fourth-order valence-corrected chi connectivity index (χ4v) is 10.9. The molecule has 14 rings (SSSR count). The molecular weight excluding hydrogens is 846 g/mol. The van der Waals surface area contributed by atoms with Crippen molar-refractivity contribution in [1.82, 2.24) is 4.57 Å². The first-order valence-corrected chi connectivity index (χ1v) is 23.5. The third kappa shape index (κ3) is 6.45. The minimum Gasteiger partial charge on any atom is -0.311 e. The number of rotatable bonds is 7. The predicted molar refractivity (Wildman–Crippen MR) is 297 cm³/mol. The number of hydrogen-bond donors (Lipinski definition) is 0. The van der Waals surface area contributed by atoms with E-state index in [2.05, 4.69) is 155 Å². The minimum atomic E-state index is -0.491. The molecule has 1 aromatic heterocycles. The molecule has 0 unspecified atom stereocenters. The molecule has 4 heteroatoms. The average molecular weight is 898 g/mol. The number of hydrogen-bond acceptors (Lipinski definition) is 2. The molecule has 11 aromatic carbocycles. The van der Waals surface area contributed by atoms with E-state index in [0.717, 1.165) is 95.0 Å². The van der Waals surface area contributed by atoms with Crippen LogP contribution in [0.4, 0.5) is 34.1 Å². The molecule has 0 atom stereocenters. The Balaban J connectivity index is 1.15. The van der Waals surface area contributed by atoms with Crippen molar-refractivity contribution in [2.75, 3.05) is 9.80 Å². The van der Waals surface area contributed by atoms with Gasteiger partial charge < -0.3 is 14.4 Å². The summed E-state index contributed by atoms with van der Waals surface area (Å²) in [5, 5.41) is 0.0364. The lowest BCUT2D eigenvalue weighted by atomic mass is 9.33. The predicted octanol–water partition coefficient (Wildman–Crippen LogP) is 15.5. The molecule has 3 heterocycles. The molecular formula is C66H44BN3. The molecule has 3 nitrogen and oxygen atoms in total. The van der Waals surface area contributed by atoms with E-state index in [-0.39, 0.29) is 52.7 Å². The second-order valence-corrected chi connectivity index (χ2v) is 17.9. The Morgan fingerprint density at radius 2 is 0.757 bits per heavy atom. The fraction of sp³-hybridized carbons (Fsp3) is 0. The van der Waals surface area contributed by atoms with Crippen molar-refractivity contribution in [2.45, 2.75) is 0 Å². The largest absolute Gasteiger partial charge is 0.311 e. The molecule has 70 heavy (non-hydrogen) atoms. The first-order chi connectivity index (χ1) is 38.0. The van der Waals surface area contributed by atoms with Crippen molar-refractivity contribution in [3.63, 3.8) is 0 Å². The number of benzene rings is 11. The summed E-state index contributed by atoms with van der Waals surface area (Å²) in [5.41, 5.74) is 17.3. The van der Waals surface area contributed by atoms with E-state index in [1.165, 1.54) is 0 Å². The van der Waals surface area contributed by atoms with E-state index in [9.17, 15) is 5.48 Å². The number of nitrogens with zero attached hydrogens (tertiary/aromatic N) is 3. The molecule has 12 aromatic rings. The smallest absolute Gasteiger partial charge is 0.252 e. The summed E-state index contributed by atoms with van der Waals surface area (Å²) in [5.74, 6) is 0. The second-order valence-electron chi connectivity index (χ2n) is 17.9. The highest BCUT2D eigenvalue weighted by molar-refractivity contribution is 7.00. The molecule has 2 aliphatic rings. The van der Waals surface area contributed by atoms with Gasteiger partial charge in [0.1, 0.15) is 0 Å². The summed E-state index contributed by atoms with van der Waals surface area (Å²) in [4.78, 5) is 4.58. The highest BCUT2D eigenvalue weighted by Crippen LogP contribution is 2.48. The molecule has 0 amide bonds. The Hall–Kier alpha value is -9.12. The number of anilines is 6. The van der Waals surface area contributed by atoms with Gasteiger partial charge in [0.25, 0.3) is 6.71 Å². The standard InChI is InChI=1S/C66H44BN3/c1-5-18-45(19-6-1)49-32-36-53(37-33-49)68-62-39-35-51(47-22-9-3-10-23-47)41-59(62)67-58-38-34-52(48-24-11-4-12-25-48)42-63(58)69(54-27-17-26-50(40-54)46-20-7-2-8-21-46)65-44-55(43-64(68)66(65)67)70-60-30-15-13-28-56(60)57-29-14-16-31-61(57)70/h1-44H/i13D,14D,15D,16D,28D,29D,30D,31D. The van der Waals surface area contributed by atoms with Gasteiger partial charge in [-0.1, -0.05) is 206 Å². The molecule has 0 N–H and O–H groups in total. The lowest BCUT2D eigenvalue weighted by Crippen LogP contribution is -2.61. The second kappa shape index (κ2) is 16.3. The van der Waals surface area contributed by atoms with E-state index < -0.39 is 24.2 Å². The molecule has 2 aliphatic heterocycles.